The molecule has 12 nitrogen and oxygen atoms in total. The van der Waals surface area contributed by atoms with E-state index in [2.05, 4.69) is 40.6 Å². The molecule has 0 radical (unpaired) electrons. The third kappa shape index (κ3) is 9.82. The Morgan fingerprint density at radius 2 is 1.20 bits per heavy atom. The van der Waals surface area contributed by atoms with E-state index in [0.29, 0.717) is 42.9 Å². The lowest BCUT2D eigenvalue weighted by Gasteiger charge is -2.12. The van der Waals surface area contributed by atoms with Gasteiger partial charge >= 0.3 is 6.36 Å². The van der Waals surface area contributed by atoms with Crippen molar-refractivity contribution in [2.24, 2.45) is 0 Å². The number of nitrogens with zero attached hydrogens (tertiary/aromatic N) is 4. The third-order valence-electron chi connectivity index (χ3n) is 7.36. The standard InChI is InChI=1S/C22H15F3N4O3S.C14H12N4OS.ClH/c1-12-5-6-14(28-19(30)13-3-2-4-15(9-13)32-22(23,24)25)10-16(12)29-20(31)18-11-17-21(33-18)27-8-7-26-17;1-8-2-3-9(15)6-10(8)18-13(19)12-7-11-14(20-12)17-5-4-16-11;/h2-11H,1H3,(H,28,30)(H,29,31);2-7H,15H2,1H3,(H,18,19);1H. The lowest BCUT2D eigenvalue weighted by molar-refractivity contribution is -0.274. The van der Waals surface area contributed by atoms with Gasteiger partial charge in [0.05, 0.1) is 9.75 Å². The van der Waals surface area contributed by atoms with Gasteiger partial charge in [0, 0.05) is 53.1 Å². The summed E-state index contributed by atoms with van der Waals surface area (Å²) in [4.78, 5) is 56.5. The van der Waals surface area contributed by atoms with Crippen LogP contribution in [0.1, 0.15) is 40.8 Å². The van der Waals surface area contributed by atoms with Gasteiger partial charge < -0.3 is 26.4 Å². The predicted octanol–water partition coefficient (Wildman–Crippen LogP) is 8.66. The largest absolute Gasteiger partial charge is 0.573 e. The Bertz CT molecular complexity index is 2430. The number of aromatic nitrogens is 4. The molecule has 0 atom stereocenters. The first-order valence-corrected chi connectivity index (χ1v) is 17.1. The topological polar surface area (TPSA) is 174 Å². The Hall–Kier alpha value is -6.17. The van der Waals surface area contributed by atoms with Gasteiger partial charge in [-0.3, -0.25) is 24.4 Å². The maximum absolute atomic E-state index is 12.7. The van der Waals surface area contributed by atoms with E-state index in [1.165, 1.54) is 41.0 Å². The molecule has 0 aliphatic heterocycles. The Morgan fingerprint density at radius 3 is 1.76 bits per heavy atom. The van der Waals surface area contributed by atoms with Crippen molar-refractivity contribution < 1.29 is 32.3 Å². The zero-order valence-corrected chi connectivity index (χ0v) is 30.5. The number of thiophene rings is 2. The van der Waals surface area contributed by atoms with Crippen LogP contribution in [-0.4, -0.2) is 44.0 Å². The van der Waals surface area contributed by atoms with E-state index in [1.54, 1.807) is 68.0 Å². The van der Waals surface area contributed by atoms with Crippen molar-refractivity contribution in [2.45, 2.75) is 20.2 Å². The number of fused-ring (bicyclic) bond motifs is 2. The monoisotopic (exact) mass is 792 g/mol. The summed E-state index contributed by atoms with van der Waals surface area (Å²) in [5, 5.41) is 8.27. The average Bonchev–Trinajstić information content (AvgIpc) is 3.76. The number of amides is 3. The van der Waals surface area contributed by atoms with Crippen LogP contribution >= 0.6 is 35.1 Å². The summed E-state index contributed by atoms with van der Waals surface area (Å²) in [5.41, 5.74) is 10.9. The number of halogens is 4. The Labute approximate surface area is 319 Å². The number of alkyl halides is 3. The van der Waals surface area contributed by atoms with Crippen molar-refractivity contribution in [1.82, 2.24) is 19.9 Å². The van der Waals surface area contributed by atoms with Crippen molar-refractivity contribution in [2.75, 3.05) is 21.7 Å². The summed E-state index contributed by atoms with van der Waals surface area (Å²) in [5.74, 6) is -1.67. The van der Waals surface area contributed by atoms with Crippen molar-refractivity contribution in [3.8, 4) is 5.75 Å². The van der Waals surface area contributed by atoms with Crippen LogP contribution < -0.4 is 26.4 Å². The predicted molar refractivity (Wildman–Crippen MR) is 206 cm³/mol. The van der Waals surface area contributed by atoms with E-state index in [9.17, 15) is 27.6 Å². The van der Waals surface area contributed by atoms with Gasteiger partial charge in [-0.05, 0) is 79.6 Å². The molecule has 7 aromatic rings. The number of carbonyl (C=O) groups is 3. The number of carbonyl (C=O) groups excluding carboxylic acids is 3. The van der Waals surface area contributed by atoms with Gasteiger partial charge in [-0.1, -0.05) is 18.2 Å². The number of anilines is 4. The van der Waals surface area contributed by atoms with E-state index >= 15 is 0 Å². The molecule has 3 amide bonds. The number of nitrogens with two attached hydrogens (primary N) is 1. The van der Waals surface area contributed by atoms with Gasteiger partial charge in [-0.25, -0.2) is 9.97 Å². The lowest BCUT2D eigenvalue weighted by Crippen LogP contribution is -2.18. The summed E-state index contributed by atoms with van der Waals surface area (Å²) in [7, 11) is 0. The number of hydrogen-bond donors (Lipinski definition) is 4. The molecule has 0 aliphatic rings. The first-order valence-electron chi connectivity index (χ1n) is 15.5. The molecule has 4 aromatic heterocycles. The quantitative estimate of drug-likeness (QED) is 0.115. The highest BCUT2D eigenvalue weighted by atomic mass is 35.5. The summed E-state index contributed by atoms with van der Waals surface area (Å²) in [6.07, 6.45) is 1.45. The molecule has 18 heteroatoms. The first-order chi connectivity index (χ1) is 25.3. The highest BCUT2D eigenvalue weighted by Crippen LogP contribution is 2.28. The lowest BCUT2D eigenvalue weighted by atomic mass is 10.1. The second-order valence-electron chi connectivity index (χ2n) is 11.3. The van der Waals surface area contributed by atoms with Crippen LogP contribution in [-0.2, 0) is 0 Å². The van der Waals surface area contributed by atoms with E-state index < -0.39 is 18.0 Å². The maximum atomic E-state index is 12.7. The number of rotatable bonds is 7. The van der Waals surface area contributed by atoms with Gasteiger partial charge in [-0.2, -0.15) is 0 Å². The molecule has 7 rings (SSSR count). The zero-order chi connectivity index (χ0) is 37.7. The number of hydrogen-bond acceptors (Lipinski definition) is 11. The number of aryl methyl sites for hydroxylation is 2. The van der Waals surface area contributed by atoms with Crippen molar-refractivity contribution >= 4 is 96.2 Å². The van der Waals surface area contributed by atoms with E-state index in [-0.39, 0.29) is 29.8 Å². The van der Waals surface area contributed by atoms with Crippen molar-refractivity contribution in [1.29, 1.82) is 0 Å². The summed E-state index contributed by atoms with van der Waals surface area (Å²) < 4.78 is 41.1. The Kier molecular flexibility index (Phi) is 12.0. The van der Waals surface area contributed by atoms with Crippen LogP contribution in [0.4, 0.5) is 35.9 Å². The minimum absolute atomic E-state index is 0. The molecule has 0 unspecified atom stereocenters. The molecule has 54 heavy (non-hydrogen) atoms. The highest BCUT2D eigenvalue weighted by Gasteiger charge is 2.31. The van der Waals surface area contributed by atoms with Gasteiger partial charge in [0.15, 0.2) is 0 Å². The highest BCUT2D eigenvalue weighted by molar-refractivity contribution is 7.20. The van der Waals surface area contributed by atoms with Gasteiger partial charge in [0.25, 0.3) is 17.7 Å². The van der Waals surface area contributed by atoms with Crippen molar-refractivity contribution in [3.05, 3.63) is 124 Å². The SMILES string of the molecule is Cc1ccc(N)cc1NC(=O)c1cc2nccnc2s1.Cc1ccc(NC(=O)c2cccc(OC(F)(F)F)c2)cc1NC(=O)c1cc2nccnc2s1.Cl. The van der Waals surface area contributed by atoms with E-state index in [4.69, 9.17) is 5.73 Å². The normalized spacial score (nSPS) is 10.8. The molecule has 4 heterocycles. The Balaban J connectivity index is 0.000000228. The van der Waals surface area contributed by atoms with Crippen molar-refractivity contribution in [3.63, 3.8) is 0 Å². The summed E-state index contributed by atoms with van der Waals surface area (Å²) in [6.45, 7) is 3.70. The van der Waals surface area contributed by atoms with E-state index in [0.717, 1.165) is 33.6 Å². The van der Waals surface area contributed by atoms with Gasteiger partial charge in [-0.15, -0.1) is 48.3 Å². The summed E-state index contributed by atoms with van der Waals surface area (Å²) >= 11 is 2.52. The van der Waals surface area contributed by atoms with Crippen LogP contribution in [0.3, 0.4) is 0 Å². The van der Waals surface area contributed by atoms with Gasteiger partial charge in [0.1, 0.15) is 26.4 Å². The summed E-state index contributed by atoms with van der Waals surface area (Å²) in [6, 6.07) is 18.4. The number of nitrogens with one attached hydrogen (secondary N) is 3. The molecule has 0 saturated heterocycles. The molecular formula is C36H28ClF3N8O4S2. The number of nitrogen functional groups attached to an aromatic ring is 1. The molecular weight excluding hydrogens is 765 g/mol. The van der Waals surface area contributed by atoms with Crippen LogP contribution in [0, 0.1) is 13.8 Å². The molecule has 5 N–H and O–H groups in total. The minimum atomic E-state index is -4.86. The molecule has 0 bridgehead atoms. The number of ether oxygens (including phenoxy) is 1. The molecule has 276 valence electrons. The molecule has 0 aliphatic carbocycles. The fourth-order valence-corrected chi connectivity index (χ4v) is 6.49. The van der Waals surface area contributed by atoms with Gasteiger partial charge in [0.2, 0.25) is 0 Å². The minimum Gasteiger partial charge on any atom is -0.406 e. The third-order valence-corrected chi connectivity index (χ3v) is 9.42. The Morgan fingerprint density at radius 1 is 0.667 bits per heavy atom. The maximum Gasteiger partial charge on any atom is 0.573 e. The molecule has 0 saturated carbocycles. The first kappa shape index (κ1) is 39.0. The molecule has 3 aromatic carbocycles. The van der Waals surface area contributed by atoms with Crippen LogP contribution in [0.2, 0.25) is 0 Å². The average molecular weight is 793 g/mol. The van der Waals surface area contributed by atoms with Crippen LogP contribution in [0.15, 0.2) is 97.6 Å². The smallest absolute Gasteiger partial charge is 0.406 e. The zero-order valence-electron chi connectivity index (χ0n) is 28.1. The van der Waals surface area contributed by atoms with Crippen LogP contribution in [0.5, 0.6) is 5.75 Å². The molecule has 0 fully saturated rings. The fourth-order valence-electron chi connectivity index (χ4n) is 4.78. The van der Waals surface area contributed by atoms with Crippen LogP contribution in [0.25, 0.3) is 20.7 Å². The molecule has 0 spiro atoms. The second-order valence-corrected chi connectivity index (χ2v) is 13.3. The number of benzene rings is 3. The second kappa shape index (κ2) is 16.7. The van der Waals surface area contributed by atoms with E-state index in [1.807, 2.05) is 13.0 Å². The fraction of sp³-hybridized carbons (Fsp3) is 0.0833.